The standard InChI is InChI=1S/C24H21ClN2O4/c1-13(28)14-6-10-17(11-7-14)27-23(30)19-18-3-2-12-26(18)21(20(19)24(27)31)22(29)15-4-8-16(25)9-5-15/h4-11,18,21,30-31H,2-3,12H2,1H3. The van der Waals surface area contributed by atoms with Gasteiger partial charge < -0.3 is 10.2 Å². The Morgan fingerprint density at radius 3 is 2.19 bits per heavy atom. The molecule has 1 fully saturated rings. The number of ketones is 2. The SMILES string of the molecule is CC(=O)c1ccc(-n2c(O)c3c(c2O)C(C(=O)c2ccc(Cl)cc2)N2CCCC32)cc1. The average molecular weight is 437 g/mol. The van der Waals surface area contributed by atoms with Crippen molar-refractivity contribution in [3.63, 3.8) is 0 Å². The summed E-state index contributed by atoms with van der Waals surface area (Å²) in [5.41, 5.74) is 2.64. The zero-order valence-corrected chi connectivity index (χ0v) is 17.6. The first kappa shape index (κ1) is 19.8. The van der Waals surface area contributed by atoms with E-state index in [0.717, 1.165) is 19.4 Å². The summed E-state index contributed by atoms with van der Waals surface area (Å²) in [7, 11) is 0. The fraction of sp³-hybridized carbons (Fsp3) is 0.250. The average Bonchev–Trinajstić information content (AvgIpc) is 3.40. The van der Waals surface area contributed by atoms with Crippen LogP contribution in [-0.4, -0.2) is 37.8 Å². The number of carbonyl (C=O) groups is 2. The Kier molecular flexibility index (Phi) is 4.64. The minimum absolute atomic E-state index is 0.0635. The molecule has 2 unspecified atom stereocenters. The van der Waals surface area contributed by atoms with Gasteiger partial charge in [0.25, 0.3) is 0 Å². The van der Waals surface area contributed by atoms with Crippen molar-refractivity contribution < 1.29 is 19.8 Å². The minimum atomic E-state index is -0.674. The van der Waals surface area contributed by atoms with Gasteiger partial charge in [-0.25, -0.2) is 0 Å². The summed E-state index contributed by atoms with van der Waals surface area (Å²) < 4.78 is 1.35. The third-order valence-corrected chi connectivity index (χ3v) is 6.59. The van der Waals surface area contributed by atoms with Crippen LogP contribution in [0.1, 0.15) is 63.7 Å². The van der Waals surface area contributed by atoms with Gasteiger partial charge in [0.05, 0.1) is 5.69 Å². The number of hydrogen-bond donors (Lipinski definition) is 2. The van der Waals surface area contributed by atoms with Crippen LogP contribution in [0.3, 0.4) is 0 Å². The van der Waals surface area contributed by atoms with Crippen LogP contribution in [0.15, 0.2) is 48.5 Å². The van der Waals surface area contributed by atoms with Crippen LogP contribution in [0, 0.1) is 0 Å². The van der Waals surface area contributed by atoms with E-state index in [1.165, 1.54) is 11.5 Å². The highest BCUT2D eigenvalue weighted by Gasteiger charge is 2.50. The van der Waals surface area contributed by atoms with E-state index in [2.05, 4.69) is 4.90 Å². The van der Waals surface area contributed by atoms with Crippen molar-refractivity contribution in [2.75, 3.05) is 6.54 Å². The summed E-state index contributed by atoms with van der Waals surface area (Å²) in [5.74, 6) is -0.414. The molecule has 2 N–H and O–H groups in total. The first-order valence-corrected chi connectivity index (χ1v) is 10.6. The van der Waals surface area contributed by atoms with E-state index >= 15 is 0 Å². The molecule has 0 spiro atoms. The molecule has 3 aromatic rings. The molecule has 0 amide bonds. The van der Waals surface area contributed by atoms with E-state index in [0.29, 0.717) is 33.0 Å². The number of aromatic nitrogens is 1. The van der Waals surface area contributed by atoms with Crippen LogP contribution in [0.5, 0.6) is 11.8 Å². The number of hydrogen-bond acceptors (Lipinski definition) is 5. The fourth-order valence-electron chi connectivity index (χ4n) is 4.90. The zero-order valence-electron chi connectivity index (χ0n) is 16.9. The van der Waals surface area contributed by atoms with E-state index in [1.807, 2.05) is 0 Å². The van der Waals surface area contributed by atoms with Crippen molar-refractivity contribution in [3.8, 4) is 17.4 Å². The summed E-state index contributed by atoms with van der Waals surface area (Å²) >= 11 is 5.97. The monoisotopic (exact) mass is 436 g/mol. The molecule has 0 bridgehead atoms. The Hall–Kier alpha value is -3.09. The third kappa shape index (κ3) is 2.98. The maximum absolute atomic E-state index is 13.5. The second-order valence-corrected chi connectivity index (χ2v) is 8.52. The lowest BCUT2D eigenvalue weighted by Crippen LogP contribution is -2.28. The van der Waals surface area contributed by atoms with Crippen LogP contribution in [0.4, 0.5) is 0 Å². The van der Waals surface area contributed by atoms with Gasteiger partial charge in [0, 0.05) is 33.3 Å². The number of benzene rings is 2. The topological polar surface area (TPSA) is 82.8 Å². The molecule has 1 saturated heterocycles. The first-order chi connectivity index (χ1) is 14.9. The first-order valence-electron chi connectivity index (χ1n) is 10.2. The summed E-state index contributed by atoms with van der Waals surface area (Å²) in [4.78, 5) is 27.1. The predicted octanol–water partition coefficient (Wildman–Crippen LogP) is 4.82. The van der Waals surface area contributed by atoms with Gasteiger partial charge in [-0.15, -0.1) is 0 Å². The summed E-state index contributed by atoms with van der Waals surface area (Å²) in [6, 6.07) is 12.6. The van der Waals surface area contributed by atoms with Gasteiger partial charge in [-0.3, -0.25) is 19.1 Å². The molecular formula is C24H21ClN2O4. The van der Waals surface area contributed by atoms with Gasteiger partial charge >= 0.3 is 0 Å². The number of nitrogens with zero attached hydrogens (tertiary/aromatic N) is 2. The van der Waals surface area contributed by atoms with Gasteiger partial charge in [-0.1, -0.05) is 11.6 Å². The van der Waals surface area contributed by atoms with Crippen LogP contribution >= 0.6 is 11.6 Å². The van der Waals surface area contributed by atoms with Crippen molar-refractivity contribution in [1.82, 2.24) is 9.47 Å². The summed E-state index contributed by atoms with van der Waals surface area (Å²) in [6.45, 7) is 2.20. The molecule has 5 rings (SSSR count). The van der Waals surface area contributed by atoms with E-state index < -0.39 is 6.04 Å². The predicted molar refractivity (Wildman–Crippen MR) is 116 cm³/mol. The molecule has 2 aliphatic heterocycles. The summed E-state index contributed by atoms with van der Waals surface area (Å²) in [5, 5.41) is 22.8. The third-order valence-electron chi connectivity index (χ3n) is 6.34. The molecular weight excluding hydrogens is 416 g/mol. The van der Waals surface area contributed by atoms with Gasteiger partial charge in [0.15, 0.2) is 11.6 Å². The van der Waals surface area contributed by atoms with Gasteiger partial charge in [0.2, 0.25) is 11.8 Å². The van der Waals surface area contributed by atoms with Crippen molar-refractivity contribution in [2.45, 2.75) is 31.8 Å². The molecule has 2 aliphatic rings. The Balaban J connectivity index is 1.63. The van der Waals surface area contributed by atoms with Gasteiger partial charge in [0.1, 0.15) is 6.04 Å². The number of rotatable bonds is 4. The lowest BCUT2D eigenvalue weighted by molar-refractivity contribution is 0.0828. The fourth-order valence-corrected chi connectivity index (χ4v) is 5.02. The van der Waals surface area contributed by atoms with Gasteiger partial charge in [-0.05, 0) is 74.8 Å². The molecule has 3 heterocycles. The molecule has 2 atom stereocenters. The van der Waals surface area contributed by atoms with E-state index in [1.54, 1.807) is 48.5 Å². The smallest absolute Gasteiger partial charge is 0.204 e. The number of aromatic hydroxyl groups is 2. The molecule has 7 heteroatoms. The molecule has 0 aliphatic carbocycles. The highest BCUT2D eigenvalue weighted by atomic mass is 35.5. The number of carbonyl (C=O) groups excluding carboxylic acids is 2. The van der Waals surface area contributed by atoms with E-state index in [-0.39, 0.29) is 29.4 Å². The summed E-state index contributed by atoms with van der Waals surface area (Å²) in [6.07, 6.45) is 1.71. The van der Waals surface area contributed by atoms with E-state index in [4.69, 9.17) is 11.6 Å². The molecule has 6 nitrogen and oxygen atoms in total. The highest BCUT2D eigenvalue weighted by molar-refractivity contribution is 6.30. The Morgan fingerprint density at radius 1 is 0.935 bits per heavy atom. The zero-order chi connectivity index (χ0) is 21.9. The Labute approximate surface area is 184 Å². The van der Waals surface area contributed by atoms with Crippen LogP contribution in [-0.2, 0) is 0 Å². The Morgan fingerprint density at radius 2 is 1.55 bits per heavy atom. The molecule has 0 saturated carbocycles. The second kappa shape index (κ2) is 7.25. The number of halogens is 1. The number of Topliss-reactive ketones (excluding diaryl/α,β-unsaturated/α-hetero) is 2. The maximum atomic E-state index is 13.5. The molecule has 158 valence electrons. The maximum Gasteiger partial charge on any atom is 0.204 e. The molecule has 1 aromatic heterocycles. The quantitative estimate of drug-likeness (QED) is 0.573. The highest BCUT2D eigenvalue weighted by Crippen LogP contribution is 2.57. The number of fused-ring (bicyclic) bond motifs is 3. The lowest BCUT2D eigenvalue weighted by atomic mass is 9.97. The molecule has 2 aromatic carbocycles. The largest absolute Gasteiger partial charge is 0.494 e. The van der Waals surface area contributed by atoms with Crippen molar-refractivity contribution >= 4 is 23.2 Å². The normalized spacial score (nSPS) is 19.9. The van der Waals surface area contributed by atoms with Crippen LogP contribution in [0.25, 0.3) is 5.69 Å². The minimum Gasteiger partial charge on any atom is -0.494 e. The van der Waals surface area contributed by atoms with Gasteiger partial charge in [-0.2, -0.15) is 0 Å². The van der Waals surface area contributed by atoms with Crippen LogP contribution in [0.2, 0.25) is 5.02 Å². The van der Waals surface area contributed by atoms with Crippen molar-refractivity contribution in [2.24, 2.45) is 0 Å². The van der Waals surface area contributed by atoms with Crippen LogP contribution < -0.4 is 0 Å². The lowest BCUT2D eigenvalue weighted by Gasteiger charge is -2.24. The molecule has 31 heavy (non-hydrogen) atoms. The van der Waals surface area contributed by atoms with Crippen molar-refractivity contribution in [3.05, 3.63) is 75.8 Å². The Bertz CT molecular complexity index is 1200. The second-order valence-electron chi connectivity index (χ2n) is 8.08. The molecule has 0 radical (unpaired) electrons. The van der Waals surface area contributed by atoms with Crippen molar-refractivity contribution in [1.29, 1.82) is 0 Å². The van der Waals surface area contributed by atoms with E-state index in [9.17, 15) is 19.8 Å².